The van der Waals surface area contributed by atoms with Crippen molar-refractivity contribution < 1.29 is 23.9 Å². The second-order valence-electron chi connectivity index (χ2n) is 11.8. The van der Waals surface area contributed by atoms with E-state index in [1.165, 1.54) is 9.36 Å². The molecule has 2 saturated heterocycles. The lowest BCUT2D eigenvalue weighted by molar-refractivity contribution is -0.158. The van der Waals surface area contributed by atoms with Gasteiger partial charge < -0.3 is 9.47 Å². The topological polar surface area (TPSA) is 195 Å². The number of nitrogens with zero attached hydrogens (tertiary/aromatic N) is 10. The molecule has 2 N–H and O–H groups in total. The van der Waals surface area contributed by atoms with Crippen LogP contribution in [0.3, 0.4) is 0 Å². The van der Waals surface area contributed by atoms with Crippen LogP contribution in [0.15, 0.2) is 24.5 Å². The van der Waals surface area contributed by atoms with Gasteiger partial charge in [-0.25, -0.2) is 19.0 Å². The Morgan fingerprint density at radius 3 is 1.57 bits per heavy atom. The minimum atomic E-state index is -0.593. The molecule has 2 aliphatic rings. The van der Waals surface area contributed by atoms with E-state index in [0.29, 0.717) is 50.9 Å². The molecule has 0 spiro atoms. The number of aromatic amines is 2. The van der Waals surface area contributed by atoms with Gasteiger partial charge in [-0.2, -0.15) is 10.2 Å². The van der Waals surface area contributed by atoms with Gasteiger partial charge in [-0.1, -0.05) is 24.3 Å². The normalized spacial score (nSPS) is 22.3. The summed E-state index contributed by atoms with van der Waals surface area (Å²) >= 11 is 0. The number of Topliss-reactive ketones (excluding diaryl/α,β-unsaturated/α-hetero) is 1. The summed E-state index contributed by atoms with van der Waals surface area (Å²) in [6.45, 7) is 11.3. The minimum Gasteiger partial charge on any atom is -0.461 e. The zero-order valence-corrected chi connectivity index (χ0v) is 25.0. The van der Waals surface area contributed by atoms with E-state index in [9.17, 15) is 14.4 Å². The van der Waals surface area contributed by atoms with Crippen LogP contribution in [0, 0.1) is 10.8 Å². The molecule has 6 rings (SSSR count). The van der Waals surface area contributed by atoms with Crippen molar-refractivity contribution >= 4 is 17.7 Å². The van der Waals surface area contributed by atoms with Crippen molar-refractivity contribution in [2.75, 3.05) is 39.4 Å². The fraction of sp³-hybridized carbons (Fsp3) is 0.519. The molecule has 0 radical (unpaired) electrons. The summed E-state index contributed by atoms with van der Waals surface area (Å²) in [6, 6.07) is 3.12. The van der Waals surface area contributed by atoms with Crippen molar-refractivity contribution in [1.29, 1.82) is 0 Å². The molecule has 4 aromatic rings. The van der Waals surface area contributed by atoms with Crippen molar-refractivity contribution in [1.82, 2.24) is 60.2 Å². The standard InChI is InChI=1S/C27H34N12O5/c1-5-43-23(40)19-7-21(32-30-19)38-11-17(28-34-38)9-36-13-26(3)15-37(16-27(4,14-36)25(26)42)10-18-12-39(35-29-18)22-8-20(31-33-22)24(41)44-6-2/h7-8,11-12H,5-6,9-10,13-16H2,1-4H3,(H,30,32)(H,31,33). The van der Waals surface area contributed by atoms with Gasteiger partial charge in [0.1, 0.15) is 17.2 Å². The van der Waals surface area contributed by atoms with Crippen LogP contribution in [0.1, 0.15) is 60.1 Å². The van der Waals surface area contributed by atoms with Crippen LogP contribution in [-0.2, 0) is 27.4 Å². The summed E-state index contributed by atoms with van der Waals surface area (Å²) in [5, 5.41) is 30.6. The second kappa shape index (κ2) is 11.4. The molecule has 6 heterocycles. The Hall–Kier alpha value is -4.77. The molecule has 2 aliphatic heterocycles. The molecule has 2 fully saturated rings. The number of esters is 2. The van der Waals surface area contributed by atoms with Gasteiger partial charge in [-0.15, -0.1) is 10.2 Å². The van der Waals surface area contributed by atoms with Gasteiger partial charge in [0.05, 0.1) is 47.8 Å². The Kier molecular flexibility index (Phi) is 7.58. The number of fused-ring (bicyclic) bond motifs is 2. The highest BCUT2D eigenvalue weighted by molar-refractivity contribution is 5.92. The third-order valence-corrected chi connectivity index (χ3v) is 7.83. The summed E-state index contributed by atoms with van der Waals surface area (Å²) < 4.78 is 13.0. The zero-order chi connectivity index (χ0) is 31.1. The molecular weight excluding hydrogens is 572 g/mol. The fourth-order valence-corrected chi connectivity index (χ4v) is 6.33. The maximum atomic E-state index is 13.6. The number of H-pyrrole nitrogens is 2. The summed E-state index contributed by atoms with van der Waals surface area (Å²) in [6.07, 6.45) is 3.54. The van der Waals surface area contributed by atoms with Gasteiger partial charge in [0.2, 0.25) is 0 Å². The number of aromatic nitrogens is 10. The lowest BCUT2D eigenvalue weighted by Crippen LogP contribution is -2.67. The van der Waals surface area contributed by atoms with Crippen LogP contribution in [0.4, 0.5) is 0 Å². The summed E-state index contributed by atoms with van der Waals surface area (Å²) in [5.41, 5.74) is 0.735. The van der Waals surface area contributed by atoms with Crippen molar-refractivity contribution in [3.8, 4) is 11.6 Å². The van der Waals surface area contributed by atoms with Gasteiger partial charge in [-0.05, 0) is 13.8 Å². The van der Waals surface area contributed by atoms with Gasteiger partial charge in [0.15, 0.2) is 11.6 Å². The Labute approximate surface area is 251 Å². The number of ether oxygens (including phenoxy) is 2. The van der Waals surface area contributed by atoms with Crippen molar-refractivity contribution in [3.05, 3.63) is 47.3 Å². The highest BCUT2D eigenvalue weighted by atomic mass is 16.5. The molecule has 0 aromatic carbocycles. The molecule has 0 saturated carbocycles. The summed E-state index contributed by atoms with van der Waals surface area (Å²) in [5.74, 6) is 0.138. The SMILES string of the molecule is CCOC(=O)c1cc(-n2cc(CN3CC4(C)CN(Cc5cn(-c6cc(C(=O)OCC)[nH]n6)nn5)CC(C)(C3)C4=O)nn2)n[nH]1. The van der Waals surface area contributed by atoms with E-state index in [1.807, 2.05) is 13.8 Å². The molecule has 0 aliphatic carbocycles. The van der Waals surface area contributed by atoms with Gasteiger partial charge >= 0.3 is 11.9 Å². The number of carbonyl (C=O) groups excluding carboxylic acids is 3. The van der Waals surface area contributed by atoms with Gasteiger partial charge in [0, 0.05) is 51.4 Å². The third-order valence-electron chi connectivity index (χ3n) is 7.83. The van der Waals surface area contributed by atoms with Crippen molar-refractivity contribution in [2.45, 2.75) is 40.8 Å². The molecule has 232 valence electrons. The second-order valence-corrected chi connectivity index (χ2v) is 11.8. The van der Waals surface area contributed by atoms with E-state index < -0.39 is 22.8 Å². The molecule has 0 atom stereocenters. The number of piperidine rings is 2. The minimum absolute atomic E-state index is 0.235. The first kappa shape index (κ1) is 29.3. The van der Waals surface area contributed by atoms with E-state index in [0.717, 1.165) is 11.4 Å². The van der Waals surface area contributed by atoms with Crippen LogP contribution in [-0.4, -0.2) is 117 Å². The lowest BCUT2D eigenvalue weighted by Gasteiger charge is -2.55. The third kappa shape index (κ3) is 5.62. The van der Waals surface area contributed by atoms with E-state index in [4.69, 9.17) is 9.47 Å². The van der Waals surface area contributed by atoms with Gasteiger partial charge in [0.25, 0.3) is 0 Å². The summed E-state index contributed by atoms with van der Waals surface area (Å²) in [7, 11) is 0. The Balaban J connectivity index is 1.10. The molecule has 4 aromatic heterocycles. The van der Waals surface area contributed by atoms with Crippen molar-refractivity contribution in [3.63, 3.8) is 0 Å². The van der Waals surface area contributed by atoms with Crippen LogP contribution >= 0.6 is 0 Å². The maximum absolute atomic E-state index is 13.6. The number of ketones is 1. The predicted octanol–water partition coefficient (Wildman–Crippen LogP) is 0.561. The fourth-order valence-electron chi connectivity index (χ4n) is 6.33. The predicted molar refractivity (Wildman–Crippen MR) is 151 cm³/mol. The smallest absolute Gasteiger partial charge is 0.356 e. The molecule has 17 nitrogen and oxygen atoms in total. The lowest BCUT2D eigenvalue weighted by atomic mass is 9.64. The average molecular weight is 607 g/mol. The number of likely N-dealkylation sites (tertiary alicyclic amines) is 2. The van der Waals surface area contributed by atoms with E-state index >= 15 is 0 Å². The molecule has 2 bridgehead atoms. The number of rotatable bonds is 10. The zero-order valence-electron chi connectivity index (χ0n) is 25.0. The quantitative estimate of drug-likeness (QED) is 0.238. The van der Waals surface area contributed by atoms with Crippen LogP contribution in [0.2, 0.25) is 0 Å². The molecule has 0 amide bonds. The number of hydrogen-bond donors (Lipinski definition) is 2. The first-order chi connectivity index (χ1) is 21.1. The van der Waals surface area contributed by atoms with Crippen LogP contribution < -0.4 is 0 Å². The number of hydrogen-bond acceptors (Lipinski definition) is 13. The molecular formula is C27H34N12O5. The van der Waals surface area contributed by atoms with Crippen molar-refractivity contribution in [2.24, 2.45) is 10.8 Å². The first-order valence-corrected chi connectivity index (χ1v) is 14.4. The van der Waals surface area contributed by atoms with E-state index in [1.54, 1.807) is 38.4 Å². The van der Waals surface area contributed by atoms with E-state index in [2.05, 4.69) is 50.8 Å². The van der Waals surface area contributed by atoms with Crippen LogP contribution in [0.25, 0.3) is 11.6 Å². The average Bonchev–Trinajstić information content (AvgIpc) is 3.78. The number of nitrogens with one attached hydrogen (secondary N) is 2. The largest absolute Gasteiger partial charge is 0.461 e. The highest BCUT2D eigenvalue weighted by Crippen LogP contribution is 2.43. The maximum Gasteiger partial charge on any atom is 0.356 e. The Morgan fingerprint density at radius 2 is 1.18 bits per heavy atom. The van der Waals surface area contributed by atoms with Gasteiger partial charge in [-0.3, -0.25) is 24.8 Å². The number of carbonyl (C=O) groups is 3. The molecule has 44 heavy (non-hydrogen) atoms. The Bertz CT molecular complexity index is 1550. The summed E-state index contributed by atoms with van der Waals surface area (Å²) in [4.78, 5) is 42.0. The van der Waals surface area contributed by atoms with Crippen LogP contribution in [0.5, 0.6) is 0 Å². The Morgan fingerprint density at radius 1 is 0.773 bits per heavy atom. The first-order valence-electron chi connectivity index (χ1n) is 14.4. The molecule has 17 heteroatoms. The molecule has 0 unspecified atom stereocenters. The highest BCUT2D eigenvalue weighted by Gasteiger charge is 2.55. The monoisotopic (exact) mass is 606 g/mol. The van der Waals surface area contributed by atoms with E-state index in [-0.39, 0.29) is 30.4 Å².